The van der Waals surface area contributed by atoms with Gasteiger partial charge in [0.2, 0.25) is 0 Å². The van der Waals surface area contributed by atoms with Crippen molar-refractivity contribution in [1.29, 1.82) is 0 Å². The first-order valence-electron chi connectivity index (χ1n) is 9.44. The highest BCUT2D eigenvalue weighted by Gasteiger charge is 2.13. The van der Waals surface area contributed by atoms with Crippen LogP contribution in [0.15, 0.2) is 66.9 Å². The normalized spacial score (nSPS) is 11.4. The van der Waals surface area contributed by atoms with Crippen LogP contribution < -0.4 is 0 Å². The number of aromatic nitrogens is 3. The number of carboxylic acids is 1. The van der Waals surface area contributed by atoms with Crippen LogP contribution in [0.2, 0.25) is 0 Å². The minimum Gasteiger partial charge on any atom is -0.478 e. The molecule has 4 rings (SSSR count). The van der Waals surface area contributed by atoms with Gasteiger partial charge in [-0.15, -0.1) is 0 Å². The Morgan fingerprint density at radius 3 is 2.59 bits per heavy atom. The van der Waals surface area contributed by atoms with E-state index in [2.05, 4.69) is 9.55 Å². The van der Waals surface area contributed by atoms with E-state index in [1.54, 1.807) is 18.3 Å². The van der Waals surface area contributed by atoms with Crippen LogP contribution in [0.5, 0.6) is 0 Å². The van der Waals surface area contributed by atoms with Crippen molar-refractivity contribution in [2.24, 2.45) is 0 Å². The summed E-state index contributed by atoms with van der Waals surface area (Å²) >= 11 is 0. The minimum absolute atomic E-state index is 0.302. The van der Waals surface area contributed by atoms with Crippen molar-refractivity contribution in [2.75, 3.05) is 0 Å². The molecule has 5 heteroatoms. The number of aryl methyl sites for hydroxylation is 1. The van der Waals surface area contributed by atoms with E-state index < -0.39 is 5.97 Å². The molecule has 0 amide bonds. The number of carboxylic acid groups (broad SMARTS) is 1. The minimum atomic E-state index is -0.924. The van der Waals surface area contributed by atoms with E-state index in [1.165, 1.54) is 0 Å². The lowest BCUT2D eigenvalue weighted by Crippen LogP contribution is -2.03. The number of allylic oxidation sites excluding steroid dienone is 1. The van der Waals surface area contributed by atoms with Gasteiger partial charge in [0.15, 0.2) is 5.65 Å². The van der Waals surface area contributed by atoms with Gasteiger partial charge in [0.25, 0.3) is 0 Å². The third-order valence-corrected chi connectivity index (χ3v) is 4.94. The monoisotopic (exact) mass is 383 g/mol. The molecule has 0 saturated carbocycles. The third-order valence-electron chi connectivity index (χ3n) is 4.94. The molecule has 4 aromatic rings. The second kappa shape index (κ2) is 7.72. The van der Waals surface area contributed by atoms with E-state index in [4.69, 9.17) is 4.98 Å². The van der Waals surface area contributed by atoms with E-state index in [0.717, 1.165) is 33.7 Å². The Bertz CT molecular complexity index is 1220. The summed E-state index contributed by atoms with van der Waals surface area (Å²) in [5, 5.41) is 9.43. The van der Waals surface area contributed by atoms with Gasteiger partial charge >= 0.3 is 5.97 Å². The van der Waals surface area contributed by atoms with E-state index in [-0.39, 0.29) is 0 Å². The lowest BCUT2D eigenvalue weighted by Gasteiger charge is -2.10. The van der Waals surface area contributed by atoms with Crippen LogP contribution in [0.3, 0.4) is 0 Å². The number of fused-ring (bicyclic) bond motifs is 1. The number of aromatic carboxylic acids is 1. The molecule has 0 aliphatic heterocycles. The van der Waals surface area contributed by atoms with E-state index >= 15 is 0 Å². The molecule has 0 saturated heterocycles. The predicted octanol–water partition coefficient (Wildman–Crippen LogP) is 5.19. The fourth-order valence-electron chi connectivity index (χ4n) is 3.48. The average Bonchev–Trinajstić information content (AvgIpc) is 3.07. The summed E-state index contributed by atoms with van der Waals surface area (Å²) in [6.45, 7) is 4.64. The van der Waals surface area contributed by atoms with Crippen molar-refractivity contribution in [3.05, 3.63) is 89.4 Å². The SMILES string of the molecule is C/C=C\c1nc2c(C)ccnc2n1Cc1ccc(-c2ccccc2C(=O)O)cc1. The van der Waals surface area contributed by atoms with Crippen molar-refractivity contribution in [3.8, 4) is 11.1 Å². The number of benzene rings is 2. The second-order valence-electron chi connectivity index (χ2n) is 6.90. The van der Waals surface area contributed by atoms with Crippen LogP contribution >= 0.6 is 0 Å². The third kappa shape index (κ3) is 3.55. The zero-order valence-corrected chi connectivity index (χ0v) is 16.3. The Hall–Kier alpha value is -3.73. The number of rotatable bonds is 5. The topological polar surface area (TPSA) is 68.0 Å². The molecule has 144 valence electrons. The number of nitrogens with zero attached hydrogens (tertiary/aromatic N) is 3. The molecule has 0 atom stereocenters. The smallest absolute Gasteiger partial charge is 0.336 e. The van der Waals surface area contributed by atoms with Crippen molar-refractivity contribution < 1.29 is 9.90 Å². The van der Waals surface area contributed by atoms with E-state index in [0.29, 0.717) is 17.7 Å². The maximum Gasteiger partial charge on any atom is 0.336 e. The van der Waals surface area contributed by atoms with Gasteiger partial charge < -0.3 is 9.67 Å². The molecule has 0 aliphatic carbocycles. The van der Waals surface area contributed by atoms with Gasteiger partial charge in [0.1, 0.15) is 11.3 Å². The molecular formula is C24H21N3O2. The lowest BCUT2D eigenvalue weighted by atomic mass is 9.99. The van der Waals surface area contributed by atoms with Gasteiger partial charge in [-0.2, -0.15) is 0 Å². The Morgan fingerprint density at radius 2 is 1.86 bits per heavy atom. The standard InChI is InChI=1S/C24H21N3O2/c1-3-6-21-26-22-16(2)13-14-25-23(22)27(21)15-17-9-11-18(12-10-17)19-7-4-5-8-20(19)24(28)29/h3-14H,15H2,1-2H3,(H,28,29)/b6-3-. The summed E-state index contributed by atoms with van der Waals surface area (Å²) in [6, 6.07) is 17.0. The number of hydrogen-bond acceptors (Lipinski definition) is 3. The molecule has 29 heavy (non-hydrogen) atoms. The van der Waals surface area contributed by atoms with Crippen molar-refractivity contribution in [1.82, 2.24) is 14.5 Å². The first-order chi connectivity index (χ1) is 14.1. The molecule has 2 heterocycles. The molecule has 5 nitrogen and oxygen atoms in total. The summed E-state index contributed by atoms with van der Waals surface area (Å²) < 4.78 is 2.10. The molecule has 1 N–H and O–H groups in total. The molecule has 2 aromatic heterocycles. The van der Waals surface area contributed by atoms with Crippen LogP contribution in [0.1, 0.15) is 34.2 Å². The van der Waals surface area contributed by atoms with Gasteiger partial charge in [0, 0.05) is 6.20 Å². The Balaban J connectivity index is 1.71. The van der Waals surface area contributed by atoms with Crippen molar-refractivity contribution >= 4 is 23.2 Å². The fraction of sp³-hybridized carbons (Fsp3) is 0.125. The molecular weight excluding hydrogens is 362 g/mol. The summed E-state index contributed by atoms with van der Waals surface area (Å²) in [5.41, 5.74) is 5.85. The largest absolute Gasteiger partial charge is 0.478 e. The first-order valence-corrected chi connectivity index (χ1v) is 9.44. The molecule has 2 aromatic carbocycles. The van der Waals surface area contributed by atoms with Crippen LogP contribution in [0.4, 0.5) is 0 Å². The maximum atomic E-state index is 11.5. The molecule has 0 bridgehead atoms. The van der Waals surface area contributed by atoms with Crippen molar-refractivity contribution in [3.63, 3.8) is 0 Å². The van der Waals surface area contributed by atoms with Gasteiger partial charge in [0.05, 0.1) is 12.1 Å². The number of imidazole rings is 1. The number of hydrogen-bond donors (Lipinski definition) is 1. The van der Waals surface area contributed by atoms with E-state index in [9.17, 15) is 9.90 Å². The lowest BCUT2D eigenvalue weighted by molar-refractivity contribution is 0.0697. The molecule has 0 aliphatic rings. The summed E-state index contributed by atoms with van der Waals surface area (Å²) in [6.07, 6.45) is 5.76. The zero-order chi connectivity index (χ0) is 20.4. The summed E-state index contributed by atoms with van der Waals surface area (Å²) in [4.78, 5) is 20.8. The number of carbonyl (C=O) groups is 1. The Morgan fingerprint density at radius 1 is 1.10 bits per heavy atom. The van der Waals surface area contributed by atoms with Crippen molar-refractivity contribution in [2.45, 2.75) is 20.4 Å². The summed E-state index contributed by atoms with van der Waals surface area (Å²) in [5.74, 6) is -0.0587. The maximum absolute atomic E-state index is 11.5. The van der Waals surface area contributed by atoms with Gasteiger partial charge in [-0.1, -0.05) is 48.5 Å². The van der Waals surface area contributed by atoms with Gasteiger partial charge in [-0.3, -0.25) is 0 Å². The first kappa shape index (κ1) is 18.6. The highest BCUT2D eigenvalue weighted by molar-refractivity contribution is 5.96. The highest BCUT2D eigenvalue weighted by Crippen LogP contribution is 2.25. The Labute approximate surface area is 169 Å². The van der Waals surface area contributed by atoms with E-state index in [1.807, 2.05) is 68.5 Å². The fourth-order valence-corrected chi connectivity index (χ4v) is 3.48. The quantitative estimate of drug-likeness (QED) is 0.515. The van der Waals surface area contributed by atoms with Crippen LogP contribution in [-0.4, -0.2) is 25.6 Å². The van der Waals surface area contributed by atoms with Crippen LogP contribution in [-0.2, 0) is 6.54 Å². The van der Waals surface area contributed by atoms with Gasteiger partial charge in [-0.05, 0) is 54.3 Å². The number of pyridine rings is 1. The van der Waals surface area contributed by atoms with Gasteiger partial charge in [-0.25, -0.2) is 14.8 Å². The average molecular weight is 383 g/mol. The molecule has 0 fully saturated rings. The van der Waals surface area contributed by atoms with Crippen LogP contribution in [0.25, 0.3) is 28.4 Å². The zero-order valence-electron chi connectivity index (χ0n) is 16.3. The molecule has 0 radical (unpaired) electrons. The highest BCUT2D eigenvalue weighted by atomic mass is 16.4. The predicted molar refractivity (Wildman–Crippen MR) is 115 cm³/mol. The summed E-state index contributed by atoms with van der Waals surface area (Å²) in [7, 11) is 0. The molecule has 0 unspecified atom stereocenters. The Kier molecular flexibility index (Phi) is 4.96. The second-order valence-corrected chi connectivity index (χ2v) is 6.90. The van der Waals surface area contributed by atoms with Crippen LogP contribution in [0, 0.1) is 6.92 Å². The molecule has 0 spiro atoms.